The number of carboxylic acid groups (broad SMARTS) is 1. The summed E-state index contributed by atoms with van der Waals surface area (Å²) >= 11 is 0. The van der Waals surface area contributed by atoms with Crippen LogP contribution in [0.2, 0.25) is 0 Å². The van der Waals surface area contributed by atoms with E-state index in [2.05, 4.69) is 11.9 Å². The maximum Gasteiger partial charge on any atom is 0.327 e. The van der Waals surface area contributed by atoms with E-state index in [0.29, 0.717) is 5.92 Å². The van der Waals surface area contributed by atoms with E-state index in [-0.39, 0.29) is 0 Å². The van der Waals surface area contributed by atoms with Crippen molar-refractivity contribution in [3.63, 3.8) is 0 Å². The molecule has 1 saturated heterocycles. The average Bonchev–Trinajstić information content (AvgIpc) is 2.74. The Morgan fingerprint density at radius 3 is 2.75 bits per heavy atom. The maximum atomic E-state index is 11.3. The van der Waals surface area contributed by atoms with Gasteiger partial charge in [0.2, 0.25) is 0 Å². The minimum atomic E-state index is -0.767. The lowest BCUT2D eigenvalue weighted by Crippen LogP contribution is -2.39. The zero-order chi connectivity index (χ0) is 11.5. The number of aromatic amines is 1. The standard InChI is InChI=1S/C12H18N2O2/c1-9-4-7-14(8-5-9)11(12(15)16)10-3-2-6-13-10/h2-3,6,9,11,13H,4-5,7-8H2,1H3,(H,15,16). The van der Waals surface area contributed by atoms with Gasteiger partial charge < -0.3 is 10.1 Å². The molecule has 0 aromatic carbocycles. The summed E-state index contributed by atoms with van der Waals surface area (Å²) in [6, 6.07) is 3.18. The zero-order valence-electron chi connectivity index (χ0n) is 9.52. The molecule has 0 aliphatic carbocycles. The van der Waals surface area contributed by atoms with Crippen LogP contribution in [0.3, 0.4) is 0 Å². The van der Waals surface area contributed by atoms with Crippen LogP contribution in [-0.2, 0) is 4.79 Å². The Morgan fingerprint density at radius 1 is 1.56 bits per heavy atom. The van der Waals surface area contributed by atoms with Crippen molar-refractivity contribution in [1.29, 1.82) is 0 Å². The van der Waals surface area contributed by atoms with Crippen molar-refractivity contribution in [2.45, 2.75) is 25.8 Å². The van der Waals surface area contributed by atoms with Crippen molar-refractivity contribution in [1.82, 2.24) is 9.88 Å². The Labute approximate surface area is 95.3 Å². The lowest BCUT2D eigenvalue weighted by atomic mass is 9.97. The molecule has 1 fully saturated rings. The van der Waals surface area contributed by atoms with E-state index < -0.39 is 12.0 Å². The SMILES string of the molecule is CC1CCN(C(C(=O)O)c2ccc[nH]2)CC1. The van der Waals surface area contributed by atoms with Gasteiger partial charge in [-0.1, -0.05) is 6.92 Å². The molecule has 0 amide bonds. The molecule has 0 saturated carbocycles. The number of rotatable bonds is 3. The van der Waals surface area contributed by atoms with Crippen LogP contribution in [0.5, 0.6) is 0 Å². The maximum absolute atomic E-state index is 11.3. The third kappa shape index (κ3) is 2.27. The first kappa shape index (κ1) is 11.2. The number of hydrogen-bond donors (Lipinski definition) is 2. The second kappa shape index (κ2) is 4.70. The molecule has 4 nitrogen and oxygen atoms in total. The van der Waals surface area contributed by atoms with Gasteiger partial charge in [0.05, 0.1) is 0 Å². The van der Waals surface area contributed by atoms with E-state index in [1.165, 1.54) is 0 Å². The number of carbonyl (C=O) groups is 1. The summed E-state index contributed by atoms with van der Waals surface area (Å²) in [6.45, 7) is 3.97. The zero-order valence-corrected chi connectivity index (χ0v) is 9.52. The molecule has 4 heteroatoms. The molecule has 1 atom stereocenters. The number of nitrogens with one attached hydrogen (secondary N) is 1. The van der Waals surface area contributed by atoms with Crippen molar-refractivity contribution in [3.8, 4) is 0 Å². The van der Waals surface area contributed by atoms with Gasteiger partial charge in [0.15, 0.2) is 0 Å². The van der Waals surface area contributed by atoms with Crippen LogP contribution >= 0.6 is 0 Å². The number of H-pyrrole nitrogens is 1. The summed E-state index contributed by atoms with van der Waals surface area (Å²) in [6.07, 6.45) is 3.95. The molecule has 1 aromatic heterocycles. The van der Waals surface area contributed by atoms with Crippen LogP contribution in [0, 0.1) is 5.92 Å². The Morgan fingerprint density at radius 2 is 2.25 bits per heavy atom. The summed E-state index contributed by atoms with van der Waals surface area (Å²) in [5.41, 5.74) is 0.780. The van der Waals surface area contributed by atoms with Crippen LogP contribution < -0.4 is 0 Å². The molecule has 1 aliphatic rings. The van der Waals surface area contributed by atoms with E-state index in [9.17, 15) is 9.90 Å². The van der Waals surface area contributed by atoms with Crippen molar-refractivity contribution in [2.75, 3.05) is 13.1 Å². The van der Waals surface area contributed by atoms with Gasteiger partial charge in [0.25, 0.3) is 0 Å². The van der Waals surface area contributed by atoms with Crippen molar-refractivity contribution >= 4 is 5.97 Å². The van der Waals surface area contributed by atoms with Crippen molar-refractivity contribution in [2.24, 2.45) is 5.92 Å². The van der Waals surface area contributed by atoms with E-state index in [1.54, 1.807) is 6.20 Å². The summed E-state index contributed by atoms with van der Waals surface area (Å²) in [5, 5.41) is 9.30. The van der Waals surface area contributed by atoms with E-state index in [0.717, 1.165) is 31.6 Å². The molecule has 88 valence electrons. The van der Waals surface area contributed by atoms with Gasteiger partial charge in [-0.3, -0.25) is 9.69 Å². The molecule has 2 heterocycles. The second-order valence-electron chi connectivity index (χ2n) is 4.58. The normalized spacial score (nSPS) is 20.8. The fraction of sp³-hybridized carbons (Fsp3) is 0.583. The largest absolute Gasteiger partial charge is 0.480 e. The Bertz CT molecular complexity index is 340. The molecule has 0 spiro atoms. The van der Waals surface area contributed by atoms with Crippen LogP contribution in [0.15, 0.2) is 18.3 Å². The summed E-state index contributed by atoms with van der Waals surface area (Å²) < 4.78 is 0. The smallest absolute Gasteiger partial charge is 0.327 e. The molecule has 2 N–H and O–H groups in total. The fourth-order valence-electron chi connectivity index (χ4n) is 2.29. The van der Waals surface area contributed by atoms with E-state index in [1.807, 2.05) is 17.0 Å². The van der Waals surface area contributed by atoms with Crippen LogP contribution in [-0.4, -0.2) is 34.0 Å². The van der Waals surface area contributed by atoms with Gasteiger partial charge in [0, 0.05) is 11.9 Å². The third-order valence-electron chi connectivity index (χ3n) is 3.33. The fourth-order valence-corrected chi connectivity index (χ4v) is 2.29. The van der Waals surface area contributed by atoms with Crippen molar-refractivity contribution < 1.29 is 9.90 Å². The molecule has 2 rings (SSSR count). The number of carboxylic acids is 1. The van der Waals surface area contributed by atoms with E-state index in [4.69, 9.17) is 0 Å². The molecule has 0 radical (unpaired) electrons. The highest BCUT2D eigenvalue weighted by Gasteiger charge is 2.30. The predicted molar refractivity (Wildman–Crippen MR) is 61.1 cm³/mol. The topological polar surface area (TPSA) is 56.3 Å². The predicted octanol–water partition coefficient (Wildman–Crippen LogP) is 1.87. The lowest BCUT2D eigenvalue weighted by molar-refractivity contribution is -0.144. The summed E-state index contributed by atoms with van der Waals surface area (Å²) in [7, 11) is 0. The highest BCUT2D eigenvalue weighted by Crippen LogP contribution is 2.25. The molecular weight excluding hydrogens is 204 g/mol. The van der Waals surface area contributed by atoms with Gasteiger partial charge in [-0.05, 0) is 44.0 Å². The molecule has 1 aliphatic heterocycles. The molecule has 0 bridgehead atoms. The minimum absolute atomic E-state index is 0.512. The van der Waals surface area contributed by atoms with Crippen molar-refractivity contribution in [3.05, 3.63) is 24.0 Å². The van der Waals surface area contributed by atoms with Crippen LogP contribution in [0.1, 0.15) is 31.5 Å². The number of nitrogens with zero attached hydrogens (tertiary/aromatic N) is 1. The summed E-state index contributed by atoms with van der Waals surface area (Å²) in [4.78, 5) is 16.4. The highest BCUT2D eigenvalue weighted by atomic mass is 16.4. The Hall–Kier alpha value is -1.29. The van der Waals surface area contributed by atoms with Gasteiger partial charge >= 0.3 is 5.97 Å². The highest BCUT2D eigenvalue weighted by molar-refractivity contribution is 5.74. The number of likely N-dealkylation sites (tertiary alicyclic amines) is 1. The lowest BCUT2D eigenvalue weighted by Gasteiger charge is -2.34. The molecular formula is C12H18N2O2. The first-order chi connectivity index (χ1) is 7.68. The van der Waals surface area contributed by atoms with Gasteiger partial charge in [0.1, 0.15) is 6.04 Å². The minimum Gasteiger partial charge on any atom is -0.480 e. The summed E-state index contributed by atoms with van der Waals surface area (Å²) in [5.74, 6) is -0.0497. The van der Waals surface area contributed by atoms with Gasteiger partial charge in [-0.2, -0.15) is 0 Å². The molecule has 1 aromatic rings. The quantitative estimate of drug-likeness (QED) is 0.821. The first-order valence-corrected chi connectivity index (χ1v) is 5.78. The van der Waals surface area contributed by atoms with Crippen LogP contribution in [0.25, 0.3) is 0 Å². The number of hydrogen-bond acceptors (Lipinski definition) is 2. The molecule has 16 heavy (non-hydrogen) atoms. The first-order valence-electron chi connectivity index (χ1n) is 5.78. The average molecular weight is 222 g/mol. The molecule has 1 unspecified atom stereocenters. The Kier molecular flexibility index (Phi) is 3.29. The van der Waals surface area contributed by atoms with E-state index >= 15 is 0 Å². The Balaban J connectivity index is 2.11. The number of aliphatic carboxylic acids is 1. The number of aromatic nitrogens is 1. The number of piperidine rings is 1. The van der Waals surface area contributed by atoms with Crippen LogP contribution in [0.4, 0.5) is 0 Å². The monoisotopic (exact) mass is 222 g/mol. The third-order valence-corrected chi connectivity index (χ3v) is 3.33. The van der Waals surface area contributed by atoms with Gasteiger partial charge in [-0.25, -0.2) is 0 Å². The van der Waals surface area contributed by atoms with Gasteiger partial charge in [-0.15, -0.1) is 0 Å². The second-order valence-corrected chi connectivity index (χ2v) is 4.58.